The highest BCUT2D eigenvalue weighted by Gasteiger charge is 2.25. The Labute approximate surface area is 136 Å². The minimum absolute atomic E-state index is 0.0743. The molecule has 0 fully saturated rings. The molecule has 0 unspecified atom stereocenters. The number of aryl methyl sites for hydroxylation is 1. The van der Waals surface area contributed by atoms with Crippen LogP contribution in [0.2, 0.25) is 0 Å². The minimum Gasteiger partial charge on any atom is -0.302 e. The first-order valence-electron chi connectivity index (χ1n) is 8.06. The largest absolute Gasteiger partial charge is 0.302 e. The van der Waals surface area contributed by atoms with Crippen molar-refractivity contribution in [3.05, 3.63) is 70.9 Å². The molecule has 0 N–H and O–H groups in total. The van der Waals surface area contributed by atoms with Crippen LogP contribution in [0.5, 0.6) is 0 Å². The van der Waals surface area contributed by atoms with Crippen molar-refractivity contribution < 1.29 is 4.79 Å². The average molecular weight is 304 g/mol. The molecule has 0 radical (unpaired) electrons. The summed E-state index contributed by atoms with van der Waals surface area (Å²) in [5, 5.41) is 1.22. The normalized spacial score (nSPS) is 14.9. The minimum atomic E-state index is 0.0743. The number of carbonyl (C=O) groups excluding carboxylic acids is 1. The number of hydrogen-bond acceptors (Lipinski definition) is 2. The molecule has 0 saturated heterocycles. The first-order valence-corrected chi connectivity index (χ1v) is 8.06. The van der Waals surface area contributed by atoms with E-state index >= 15 is 0 Å². The average Bonchev–Trinajstić information content (AvgIpc) is 2.88. The van der Waals surface area contributed by atoms with Crippen molar-refractivity contribution in [1.82, 2.24) is 9.47 Å². The molecule has 0 amide bonds. The molecule has 0 atom stereocenters. The summed E-state index contributed by atoms with van der Waals surface area (Å²) < 4.78 is 1.94. The lowest BCUT2D eigenvalue weighted by atomic mass is 10.0. The van der Waals surface area contributed by atoms with Gasteiger partial charge in [0, 0.05) is 36.2 Å². The molecule has 3 aromatic rings. The van der Waals surface area contributed by atoms with Crippen molar-refractivity contribution in [3.8, 4) is 0 Å². The Kier molecular flexibility index (Phi) is 3.31. The number of fused-ring (bicyclic) bond motifs is 3. The van der Waals surface area contributed by atoms with Gasteiger partial charge in [0.1, 0.15) is 0 Å². The van der Waals surface area contributed by atoms with Crippen molar-refractivity contribution in [2.75, 3.05) is 13.6 Å². The van der Waals surface area contributed by atoms with Crippen molar-refractivity contribution in [3.63, 3.8) is 0 Å². The summed E-state index contributed by atoms with van der Waals surface area (Å²) in [5.74, 6) is 0.0743. The van der Waals surface area contributed by atoms with E-state index in [2.05, 4.69) is 37.1 Å². The number of rotatable bonds is 1. The van der Waals surface area contributed by atoms with Crippen LogP contribution >= 0.6 is 0 Å². The van der Waals surface area contributed by atoms with Crippen LogP contribution in [0.15, 0.2) is 48.5 Å². The highest BCUT2D eigenvalue weighted by molar-refractivity contribution is 6.04. The quantitative estimate of drug-likeness (QED) is 0.686. The van der Waals surface area contributed by atoms with E-state index < -0.39 is 0 Å². The number of nitrogens with zero attached hydrogens (tertiary/aromatic N) is 2. The molecule has 2 heterocycles. The predicted octanol–water partition coefficient (Wildman–Crippen LogP) is 3.63. The maximum absolute atomic E-state index is 13.1. The van der Waals surface area contributed by atoms with Crippen LogP contribution in [-0.2, 0) is 13.0 Å². The fourth-order valence-corrected chi connectivity index (χ4v) is 3.55. The van der Waals surface area contributed by atoms with Gasteiger partial charge in [-0.15, -0.1) is 0 Å². The van der Waals surface area contributed by atoms with Crippen molar-refractivity contribution >= 4 is 16.8 Å². The Bertz CT molecular complexity index is 893. The summed E-state index contributed by atoms with van der Waals surface area (Å²) in [6.45, 7) is 4.00. The molecule has 116 valence electrons. The van der Waals surface area contributed by atoms with Crippen LogP contribution in [0.25, 0.3) is 10.9 Å². The summed E-state index contributed by atoms with van der Waals surface area (Å²) in [6.07, 6.45) is 0.915. The topological polar surface area (TPSA) is 25.2 Å². The van der Waals surface area contributed by atoms with Crippen LogP contribution in [0, 0.1) is 6.92 Å². The molecule has 0 aliphatic carbocycles. The van der Waals surface area contributed by atoms with E-state index in [0.29, 0.717) is 0 Å². The van der Waals surface area contributed by atoms with Gasteiger partial charge in [0.15, 0.2) is 0 Å². The molecule has 1 aliphatic rings. The third kappa shape index (κ3) is 2.28. The van der Waals surface area contributed by atoms with E-state index in [1.807, 2.05) is 34.9 Å². The Morgan fingerprint density at radius 3 is 2.65 bits per heavy atom. The monoisotopic (exact) mass is 304 g/mol. The Morgan fingerprint density at radius 1 is 1.09 bits per heavy atom. The van der Waals surface area contributed by atoms with E-state index in [4.69, 9.17) is 0 Å². The first-order chi connectivity index (χ1) is 11.1. The Morgan fingerprint density at radius 2 is 1.87 bits per heavy atom. The maximum Gasteiger partial charge on any atom is 0.262 e. The second kappa shape index (κ2) is 5.36. The molecule has 0 spiro atoms. The third-order valence-electron chi connectivity index (χ3n) is 4.72. The van der Waals surface area contributed by atoms with Crippen LogP contribution in [0.1, 0.15) is 27.2 Å². The van der Waals surface area contributed by atoms with Gasteiger partial charge in [-0.05, 0) is 43.8 Å². The lowest BCUT2D eigenvalue weighted by molar-refractivity contribution is 0.0960. The van der Waals surface area contributed by atoms with Gasteiger partial charge in [0.25, 0.3) is 5.91 Å². The number of aromatic nitrogens is 1. The molecular weight excluding hydrogens is 284 g/mol. The second-order valence-electron chi connectivity index (χ2n) is 6.44. The van der Waals surface area contributed by atoms with Gasteiger partial charge in [0.2, 0.25) is 0 Å². The zero-order valence-electron chi connectivity index (χ0n) is 13.5. The lowest BCUT2D eigenvalue weighted by Gasteiger charge is -2.23. The SMILES string of the molecule is Cc1ccc2c(c1)c1c(n2C(=O)c2ccccc2)CCN(C)C1. The third-order valence-corrected chi connectivity index (χ3v) is 4.72. The van der Waals surface area contributed by atoms with Gasteiger partial charge in [-0.3, -0.25) is 9.36 Å². The summed E-state index contributed by atoms with van der Waals surface area (Å²) in [5.41, 5.74) is 5.49. The zero-order valence-corrected chi connectivity index (χ0v) is 13.5. The van der Waals surface area contributed by atoms with Gasteiger partial charge in [-0.2, -0.15) is 0 Å². The van der Waals surface area contributed by atoms with Crippen LogP contribution in [0.3, 0.4) is 0 Å². The van der Waals surface area contributed by atoms with Gasteiger partial charge in [0.05, 0.1) is 5.52 Å². The molecule has 2 aromatic carbocycles. The summed E-state index contributed by atoms with van der Waals surface area (Å²) in [7, 11) is 2.14. The Hall–Kier alpha value is -2.39. The maximum atomic E-state index is 13.1. The first kappa shape index (κ1) is 14.2. The van der Waals surface area contributed by atoms with Gasteiger partial charge in [-0.25, -0.2) is 0 Å². The number of carbonyl (C=O) groups is 1. The smallest absolute Gasteiger partial charge is 0.262 e. The Balaban J connectivity index is 1.98. The van der Waals surface area contributed by atoms with Crippen molar-refractivity contribution in [2.24, 2.45) is 0 Å². The van der Waals surface area contributed by atoms with E-state index in [9.17, 15) is 4.79 Å². The highest BCUT2D eigenvalue weighted by Crippen LogP contribution is 2.32. The molecule has 3 heteroatoms. The fraction of sp³-hybridized carbons (Fsp3) is 0.250. The predicted molar refractivity (Wildman–Crippen MR) is 92.9 cm³/mol. The molecule has 23 heavy (non-hydrogen) atoms. The summed E-state index contributed by atoms with van der Waals surface area (Å²) >= 11 is 0. The van der Waals surface area contributed by atoms with Gasteiger partial charge in [-0.1, -0.05) is 29.8 Å². The fourth-order valence-electron chi connectivity index (χ4n) is 3.55. The van der Waals surface area contributed by atoms with Crippen molar-refractivity contribution in [1.29, 1.82) is 0 Å². The zero-order chi connectivity index (χ0) is 16.0. The molecule has 1 aromatic heterocycles. The standard InChI is InChI=1S/C20H20N2O/c1-14-8-9-18-16(12-14)17-13-21(2)11-10-19(17)22(18)20(23)15-6-4-3-5-7-15/h3-9,12H,10-11,13H2,1-2H3. The van der Waals surface area contributed by atoms with Crippen LogP contribution in [-0.4, -0.2) is 29.0 Å². The molecular formula is C20H20N2O. The van der Waals surface area contributed by atoms with Crippen LogP contribution in [0.4, 0.5) is 0 Å². The van der Waals surface area contributed by atoms with Gasteiger partial charge < -0.3 is 4.90 Å². The van der Waals surface area contributed by atoms with Crippen LogP contribution < -0.4 is 0 Å². The molecule has 0 saturated carbocycles. The summed E-state index contributed by atoms with van der Waals surface area (Å²) in [4.78, 5) is 15.4. The number of hydrogen-bond donors (Lipinski definition) is 0. The molecule has 3 nitrogen and oxygen atoms in total. The van der Waals surface area contributed by atoms with E-state index in [1.165, 1.54) is 22.2 Å². The number of likely N-dealkylation sites (N-methyl/N-ethyl adjacent to an activating group) is 1. The van der Waals surface area contributed by atoms with E-state index in [0.717, 1.165) is 30.6 Å². The highest BCUT2D eigenvalue weighted by atomic mass is 16.2. The summed E-state index contributed by atoms with van der Waals surface area (Å²) in [6, 6.07) is 16.0. The van der Waals surface area contributed by atoms with Crippen molar-refractivity contribution in [2.45, 2.75) is 19.9 Å². The van der Waals surface area contributed by atoms with E-state index in [-0.39, 0.29) is 5.91 Å². The van der Waals surface area contributed by atoms with E-state index in [1.54, 1.807) is 0 Å². The molecule has 4 rings (SSSR count). The second-order valence-corrected chi connectivity index (χ2v) is 6.44. The molecule has 1 aliphatic heterocycles. The van der Waals surface area contributed by atoms with Gasteiger partial charge >= 0.3 is 0 Å². The lowest BCUT2D eigenvalue weighted by Crippen LogP contribution is -2.28. The molecule has 0 bridgehead atoms. The number of benzene rings is 2.